The van der Waals surface area contributed by atoms with Crippen molar-refractivity contribution in [2.45, 2.75) is 19.9 Å². The fourth-order valence-corrected chi connectivity index (χ4v) is 3.23. The molecule has 0 fully saturated rings. The van der Waals surface area contributed by atoms with Crippen LogP contribution in [0.4, 0.5) is 0 Å². The van der Waals surface area contributed by atoms with Gasteiger partial charge in [0, 0.05) is 35.6 Å². The van der Waals surface area contributed by atoms with Crippen LogP contribution >= 0.6 is 15.9 Å². The Morgan fingerprint density at radius 1 is 1.15 bits per heavy atom. The molecule has 1 amide bonds. The van der Waals surface area contributed by atoms with E-state index >= 15 is 0 Å². The van der Waals surface area contributed by atoms with Crippen LogP contribution in [0.5, 0.6) is 5.75 Å². The lowest BCUT2D eigenvalue weighted by molar-refractivity contribution is -0.132. The van der Waals surface area contributed by atoms with Gasteiger partial charge in [-0.2, -0.15) is 0 Å². The van der Waals surface area contributed by atoms with Gasteiger partial charge in [0.15, 0.2) is 6.61 Å². The minimum absolute atomic E-state index is 0.0931. The van der Waals surface area contributed by atoms with Gasteiger partial charge in [-0.25, -0.2) is 4.79 Å². The topological polar surface area (TPSA) is 59.8 Å². The quantitative estimate of drug-likeness (QED) is 0.552. The van der Waals surface area contributed by atoms with Crippen LogP contribution in [0, 0.1) is 0 Å². The Morgan fingerprint density at radius 3 is 2.67 bits per heavy atom. The number of aryl methyl sites for hydroxylation is 1. The van der Waals surface area contributed by atoms with Crippen molar-refractivity contribution in [3.8, 4) is 5.75 Å². The van der Waals surface area contributed by atoms with Gasteiger partial charge in [-0.1, -0.05) is 41.1 Å². The largest absolute Gasteiger partial charge is 0.484 e. The molecule has 0 radical (unpaired) electrons. The molecule has 0 bridgehead atoms. The number of hydrogen-bond donors (Lipinski definition) is 0. The van der Waals surface area contributed by atoms with E-state index in [4.69, 9.17) is 9.15 Å². The average Bonchev–Trinajstić information content (AvgIpc) is 2.66. The van der Waals surface area contributed by atoms with Crippen molar-refractivity contribution in [2.24, 2.45) is 0 Å². The number of likely N-dealkylation sites (N-methyl/N-ethyl adjacent to an activating group) is 1. The molecule has 0 saturated carbocycles. The number of halogens is 1. The zero-order chi connectivity index (χ0) is 19.4. The molecule has 0 aliphatic heterocycles. The molecular weight excluding hydrogens is 410 g/mol. The van der Waals surface area contributed by atoms with E-state index in [1.165, 1.54) is 6.07 Å². The number of nitrogens with zero attached hydrogens (tertiary/aromatic N) is 1. The number of ether oxygens (including phenoxy) is 1. The molecule has 3 aromatic rings. The summed E-state index contributed by atoms with van der Waals surface area (Å²) in [7, 11) is 1.73. The van der Waals surface area contributed by atoms with Crippen LogP contribution in [-0.2, 0) is 17.8 Å². The Kier molecular flexibility index (Phi) is 5.96. The molecule has 0 spiro atoms. The third-order valence-corrected chi connectivity index (χ3v) is 5.11. The van der Waals surface area contributed by atoms with Gasteiger partial charge in [0.2, 0.25) is 0 Å². The highest BCUT2D eigenvalue weighted by Crippen LogP contribution is 2.23. The van der Waals surface area contributed by atoms with Crippen LogP contribution in [0.1, 0.15) is 18.1 Å². The van der Waals surface area contributed by atoms with E-state index in [0.717, 1.165) is 27.4 Å². The van der Waals surface area contributed by atoms with E-state index in [1.807, 2.05) is 37.3 Å². The van der Waals surface area contributed by atoms with Crippen LogP contribution < -0.4 is 10.4 Å². The van der Waals surface area contributed by atoms with Crippen molar-refractivity contribution >= 4 is 32.8 Å². The number of amides is 1. The van der Waals surface area contributed by atoms with E-state index < -0.39 is 0 Å². The molecule has 0 saturated heterocycles. The van der Waals surface area contributed by atoms with Crippen LogP contribution in [0.15, 0.2) is 62.2 Å². The van der Waals surface area contributed by atoms with Crippen LogP contribution in [0.25, 0.3) is 11.0 Å². The predicted molar refractivity (Wildman–Crippen MR) is 108 cm³/mol. The highest BCUT2D eigenvalue weighted by molar-refractivity contribution is 9.10. The summed E-state index contributed by atoms with van der Waals surface area (Å²) < 4.78 is 11.8. The smallest absolute Gasteiger partial charge is 0.336 e. The lowest BCUT2D eigenvalue weighted by atomic mass is 10.1. The van der Waals surface area contributed by atoms with Crippen molar-refractivity contribution in [1.82, 2.24) is 4.90 Å². The van der Waals surface area contributed by atoms with Gasteiger partial charge in [0.25, 0.3) is 5.91 Å². The summed E-state index contributed by atoms with van der Waals surface area (Å²) in [6.45, 7) is 2.37. The molecule has 1 heterocycles. The Morgan fingerprint density at radius 2 is 1.93 bits per heavy atom. The molecule has 0 aliphatic rings. The van der Waals surface area contributed by atoms with Gasteiger partial charge in [-0.05, 0) is 35.7 Å². The normalized spacial score (nSPS) is 10.8. The van der Waals surface area contributed by atoms with Gasteiger partial charge in [-0.15, -0.1) is 0 Å². The zero-order valence-electron chi connectivity index (χ0n) is 15.2. The Balaban J connectivity index is 1.68. The summed E-state index contributed by atoms with van der Waals surface area (Å²) in [4.78, 5) is 25.6. The molecule has 0 atom stereocenters. The Labute approximate surface area is 165 Å². The first kappa shape index (κ1) is 19.2. The maximum absolute atomic E-state index is 12.4. The number of fused-ring (bicyclic) bond motifs is 1. The van der Waals surface area contributed by atoms with Crippen molar-refractivity contribution in [1.29, 1.82) is 0 Å². The van der Waals surface area contributed by atoms with Gasteiger partial charge in [0.1, 0.15) is 11.3 Å². The highest BCUT2D eigenvalue weighted by Gasteiger charge is 2.12. The molecule has 0 aliphatic carbocycles. The van der Waals surface area contributed by atoms with Crippen molar-refractivity contribution in [2.75, 3.05) is 13.7 Å². The first-order valence-corrected chi connectivity index (χ1v) is 9.44. The molecule has 140 valence electrons. The molecule has 3 rings (SSSR count). The lowest BCUT2D eigenvalue weighted by Gasteiger charge is -2.18. The van der Waals surface area contributed by atoms with E-state index in [-0.39, 0.29) is 18.1 Å². The number of rotatable bonds is 6. The molecular formula is C21H20BrNO4. The third-order valence-electron chi connectivity index (χ3n) is 4.34. The summed E-state index contributed by atoms with van der Waals surface area (Å²) in [5, 5.41) is 0.877. The second kappa shape index (κ2) is 8.39. The molecule has 2 aromatic carbocycles. The minimum atomic E-state index is -0.388. The predicted octanol–water partition coefficient (Wildman–Crippen LogP) is 4.16. The maximum atomic E-state index is 12.4. The van der Waals surface area contributed by atoms with Crippen molar-refractivity contribution < 1.29 is 13.9 Å². The van der Waals surface area contributed by atoms with E-state index in [2.05, 4.69) is 15.9 Å². The fraction of sp³-hybridized carbons (Fsp3) is 0.238. The van der Waals surface area contributed by atoms with Gasteiger partial charge in [-0.3, -0.25) is 4.79 Å². The second-order valence-electron chi connectivity index (χ2n) is 6.23. The number of carbonyl (C=O) groups excluding carboxylic acids is 1. The van der Waals surface area contributed by atoms with Crippen LogP contribution in [-0.4, -0.2) is 24.5 Å². The summed E-state index contributed by atoms with van der Waals surface area (Å²) in [6, 6.07) is 14.6. The second-order valence-corrected chi connectivity index (χ2v) is 7.09. The lowest BCUT2D eigenvalue weighted by Crippen LogP contribution is -2.31. The van der Waals surface area contributed by atoms with Crippen LogP contribution in [0.3, 0.4) is 0 Å². The summed E-state index contributed by atoms with van der Waals surface area (Å²) >= 11 is 3.48. The SMILES string of the molecule is CCc1cc(=O)oc2cc(OCC(=O)N(C)Cc3ccccc3Br)ccc12. The molecule has 6 heteroatoms. The zero-order valence-corrected chi connectivity index (χ0v) is 16.8. The van der Waals surface area contributed by atoms with Gasteiger partial charge < -0.3 is 14.1 Å². The van der Waals surface area contributed by atoms with Gasteiger partial charge >= 0.3 is 5.63 Å². The number of carbonyl (C=O) groups is 1. The molecule has 27 heavy (non-hydrogen) atoms. The minimum Gasteiger partial charge on any atom is -0.484 e. The van der Waals surface area contributed by atoms with Gasteiger partial charge in [0.05, 0.1) is 0 Å². The van der Waals surface area contributed by atoms with E-state index in [9.17, 15) is 9.59 Å². The fourth-order valence-electron chi connectivity index (χ4n) is 2.82. The van der Waals surface area contributed by atoms with Crippen LogP contribution in [0.2, 0.25) is 0 Å². The first-order valence-electron chi connectivity index (χ1n) is 8.65. The summed E-state index contributed by atoms with van der Waals surface area (Å²) in [5.41, 5.74) is 2.02. The third kappa shape index (κ3) is 4.57. The molecule has 1 aromatic heterocycles. The summed E-state index contributed by atoms with van der Waals surface area (Å²) in [5.74, 6) is 0.344. The summed E-state index contributed by atoms with van der Waals surface area (Å²) in [6.07, 6.45) is 0.737. The standard InChI is InChI=1S/C21H20BrNO4/c1-3-14-10-21(25)27-19-11-16(8-9-17(14)19)26-13-20(24)23(2)12-15-6-4-5-7-18(15)22/h4-11H,3,12-13H2,1-2H3. The van der Waals surface area contributed by atoms with E-state index in [1.54, 1.807) is 24.1 Å². The first-order chi connectivity index (χ1) is 13.0. The van der Waals surface area contributed by atoms with E-state index in [0.29, 0.717) is 17.9 Å². The molecule has 0 N–H and O–H groups in total. The maximum Gasteiger partial charge on any atom is 0.336 e. The Hall–Kier alpha value is -2.60. The highest BCUT2D eigenvalue weighted by atomic mass is 79.9. The van der Waals surface area contributed by atoms with Crippen molar-refractivity contribution in [3.05, 3.63) is 74.6 Å². The monoisotopic (exact) mass is 429 g/mol. The average molecular weight is 430 g/mol. The Bertz CT molecular complexity index is 1030. The van der Waals surface area contributed by atoms with Crippen molar-refractivity contribution in [3.63, 3.8) is 0 Å². The molecule has 5 nitrogen and oxygen atoms in total. The molecule has 0 unspecified atom stereocenters. The number of benzene rings is 2. The number of hydrogen-bond acceptors (Lipinski definition) is 4.